The monoisotopic (exact) mass is 292 g/mol. The Kier molecular flexibility index (Phi) is 3.56. The second-order valence-electron chi connectivity index (χ2n) is 4.93. The van der Waals surface area contributed by atoms with Crippen LogP contribution in [0.1, 0.15) is 6.42 Å². The van der Waals surface area contributed by atoms with Crippen molar-refractivity contribution in [1.82, 2.24) is 10.2 Å². The van der Waals surface area contributed by atoms with Crippen molar-refractivity contribution in [2.75, 3.05) is 24.7 Å². The van der Waals surface area contributed by atoms with Crippen LogP contribution in [0.15, 0.2) is 30.3 Å². The number of imide groups is 1. The van der Waals surface area contributed by atoms with E-state index in [1.54, 1.807) is 11.8 Å². The van der Waals surface area contributed by atoms with E-state index in [4.69, 9.17) is 4.74 Å². The van der Waals surface area contributed by atoms with Gasteiger partial charge < -0.3 is 10.1 Å². The Bertz CT molecular complexity index is 514. The van der Waals surface area contributed by atoms with E-state index >= 15 is 0 Å². The van der Waals surface area contributed by atoms with Gasteiger partial charge in [-0.1, -0.05) is 18.2 Å². The van der Waals surface area contributed by atoms with Crippen molar-refractivity contribution in [2.24, 2.45) is 0 Å². The van der Waals surface area contributed by atoms with E-state index in [2.05, 4.69) is 5.32 Å². The minimum atomic E-state index is -0.658. The number of rotatable bonds is 4. The highest BCUT2D eigenvalue weighted by Gasteiger charge is 2.52. The average Bonchev–Trinajstić information content (AvgIpc) is 3.01. The molecular formula is C14H16N2O3S. The topological polar surface area (TPSA) is 58.6 Å². The Labute approximate surface area is 121 Å². The predicted octanol–water partition coefficient (Wildman–Crippen LogP) is 1.49. The Hall–Kier alpha value is -1.69. The molecule has 0 radical (unpaired) electrons. The SMILES string of the molecule is O=C1N[C@]2(CCSC2)C(=O)N1CCOc1ccccc1. The van der Waals surface area contributed by atoms with E-state index in [1.165, 1.54) is 4.90 Å². The Balaban J connectivity index is 1.58. The molecule has 0 saturated carbocycles. The molecule has 1 atom stereocenters. The van der Waals surface area contributed by atoms with E-state index in [9.17, 15) is 9.59 Å². The first-order chi connectivity index (χ1) is 9.71. The van der Waals surface area contributed by atoms with Crippen molar-refractivity contribution in [1.29, 1.82) is 0 Å². The van der Waals surface area contributed by atoms with E-state index in [0.717, 1.165) is 17.9 Å². The molecule has 20 heavy (non-hydrogen) atoms. The third-order valence-electron chi connectivity index (χ3n) is 3.59. The molecule has 1 aromatic carbocycles. The smallest absolute Gasteiger partial charge is 0.325 e. The molecule has 2 fully saturated rings. The van der Waals surface area contributed by atoms with Crippen molar-refractivity contribution in [3.05, 3.63) is 30.3 Å². The quantitative estimate of drug-likeness (QED) is 0.854. The number of amides is 3. The van der Waals surface area contributed by atoms with Gasteiger partial charge in [0.05, 0.1) is 6.54 Å². The summed E-state index contributed by atoms with van der Waals surface area (Å²) in [5, 5.41) is 2.84. The number of hydrogen-bond acceptors (Lipinski definition) is 4. The molecule has 0 unspecified atom stereocenters. The van der Waals surface area contributed by atoms with Crippen LogP contribution in [0.4, 0.5) is 4.79 Å². The number of carbonyl (C=O) groups excluding carboxylic acids is 2. The highest BCUT2D eigenvalue weighted by molar-refractivity contribution is 7.99. The van der Waals surface area contributed by atoms with Crippen LogP contribution < -0.4 is 10.1 Å². The summed E-state index contributed by atoms with van der Waals surface area (Å²) < 4.78 is 5.54. The number of benzene rings is 1. The molecule has 0 aromatic heterocycles. The second kappa shape index (κ2) is 5.36. The molecule has 6 heteroatoms. The zero-order chi connectivity index (χ0) is 14.0. The van der Waals surface area contributed by atoms with Gasteiger partial charge in [0, 0.05) is 5.75 Å². The predicted molar refractivity (Wildman–Crippen MR) is 76.9 cm³/mol. The fourth-order valence-corrected chi connectivity index (χ4v) is 3.81. The van der Waals surface area contributed by atoms with Gasteiger partial charge in [-0.2, -0.15) is 11.8 Å². The molecule has 0 aliphatic carbocycles. The first-order valence-electron chi connectivity index (χ1n) is 6.61. The maximum atomic E-state index is 12.4. The Morgan fingerprint density at radius 1 is 1.30 bits per heavy atom. The summed E-state index contributed by atoms with van der Waals surface area (Å²) in [6.07, 6.45) is 0.721. The molecule has 2 aliphatic heterocycles. The van der Waals surface area contributed by atoms with Gasteiger partial charge >= 0.3 is 6.03 Å². The van der Waals surface area contributed by atoms with Crippen molar-refractivity contribution >= 4 is 23.7 Å². The number of hydrogen-bond donors (Lipinski definition) is 1. The molecule has 3 amide bonds. The summed E-state index contributed by atoms with van der Waals surface area (Å²) in [5.41, 5.74) is -0.658. The van der Waals surface area contributed by atoms with Crippen molar-refractivity contribution in [3.8, 4) is 5.75 Å². The van der Waals surface area contributed by atoms with Crippen LogP contribution >= 0.6 is 11.8 Å². The Morgan fingerprint density at radius 3 is 2.80 bits per heavy atom. The zero-order valence-corrected chi connectivity index (χ0v) is 11.8. The van der Waals surface area contributed by atoms with Gasteiger partial charge in [-0.05, 0) is 24.3 Å². The summed E-state index contributed by atoms with van der Waals surface area (Å²) in [6, 6.07) is 9.07. The van der Waals surface area contributed by atoms with E-state index in [-0.39, 0.29) is 18.5 Å². The number of urea groups is 1. The lowest BCUT2D eigenvalue weighted by Crippen LogP contribution is -2.47. The van der Waals surface area contributed by atoms with Crippen molar-refractivity contribution in [2.45, 2.75) is 12.0 Å². The normalized spacial score (nSPS) is 25.3. The minimum Gasteiger partial charge on any atom is -0.492 e. The third kappa shape index (κ3) is 2.35. The molecular weight excluding hydrogens is 276 g/mol. The number of thioether (sulfide) groups is 1. The highest BCUT2D eigenvalue weighted by Crippen LogP contribution is 2.33. The van der Waals surface area contributed by atoms with Crippen molar-refractivity contribution < 1.29 is 14.3 Å². The summed E-state index contributed by atoms with van der Waals surface area (Å²) >= 11 is 1.71. The largest absolute Gasteiger partial charge is 0.492 e. The van der Waals surface area contributed by atoms with Gasteiger partial charge in [0.25, 0.3) is 5.91 Å². The summed E-state index contributed by atoms with van der Waals surface area (Å²) in [4.78, 5) is 25.5. The molecule has 2 saturated heterocycles. The first-order valence-corrected chi connectivity index (χ1v) is 7.76. The number of nitrogens with one attached hydrogen (secondary N) is 1. The van der Waals surface area contributed by atoms with E-state index < -0.39 is 5.54 Å². The zero-order valence-electron chi connectivity index (χ0n) is 11.0. The number of para-hydroxylation sites is 1. The van der Waals surface area contributed by atoms with Gasteiger partial charge in [-0.3, -0.25) is 9.69 Å². The molecule has 0 bridgehead atoms. The van der Waals surface area contributed by atoms with E-state index in [0.29, 0.717) is 12.4 Å². The van der Waals surface area contributed by atoms with Crippen LogP contribution in [0.2, 0.25) is 0 Å². The lowest BCUT2D eigenvalue weighted by molar-refractivity contribution is -0.130. The van der Waals surface area contributed by atoms with Gasteiger partial charge in [0.15, 0.2) is 0 Å². The lowest BCUT2D eigenvalue weighted by Gasteiger charge is -2.19. The van der Waals surface area contributed by atoms with Crippen LogP contribution in [-0.2, 0) is 4.79 Å². The summed E-state index contributed by atoms with van der Waals surface area (Å²) in [5.74, 6) is 2.23. The van der Waals surface area contributed by atoms with Gasteiger partial charge in [-0.15, -0.1) is 0 Å². The summed E-state index contributed by atoms with van der Waals surface area (Å²) in [7, 11) is 0. The molecule has 2 aliphatic rings. The van der Waals surface area contributed by atoms with Gasteiger partial charge in [0.1, 0.15) is 17.9 Å². The first kappa shape index (κ1) is 13.3. The number of carbonyl (C=O) groups is 2. The Morgan fingerprint density at radius 2 is 2.10 bits per heavy atom. The number of ether oxygens (including phenoxy) is 1. The molecule has 1 aromatic rings. The van der Waals surface area contributed by atoms with Crippen LogP contribution in [-0.4, -0.2) is 47.0 Å². The summed E-state index contributed by atoms with van der Waals surface area (Å²) in [6.45, 7) is 0.596. The molecule has 5 nitrogen and oxygen atoms in total. The lowest BCUT2D eigenvalue weighted by atomic mass is 9.99. The average molecular weight is 292 g/mol. The second-order valence-corrected chi connectivity index (χ2v) is 6.04. The van der Waals surface area contributed by atoms with Crippen LogP contribution in [0.3, 0.4) is 0 Å². The maximum Gasteiger partial charge on any atom is 0.325 e. The van der Waals surface area contributed by atoms with Gasteiger partial charge in [-0.25, -0.2) is 4.79 Å². The van der Waals surface area contributed by atoms with Gasteiger partial charge in [0.2, 0.25) is 0 Å². The van der Waals surface area contributed by atoms with Crippen molar-refractivity contribution in [3.63, 3.8) is 0 Å². The van der Waals surface area contributed by atoms with Crippen LogP contribution in [0.5, 0.6) is 5.75 Å². The molecule has 106 valence electrons. The third-order valence-corrected chi connectivity index (χ3v) is 4.78. The molecule has 1 N–H and O–H groups in total. The minimum absolute atomic E-state index is 0.107. The van der Waals surface area contributed by atoms with Crippen LogP contribution in [0, 0.1) is 0 Å². The molecule has 2 heterocycles. The molecule has 3 rings (SSSR count). The standard InChI is InChI=1S/C14H16N2O3S/c17-12-14(6-9-20-10-14)15-13(18)16(12)7-8-19-11-4-2-1-3-5-11/h1-5H,6-10H2,(H,15,18)/t14-/m0/s1. The number of nitrogens with zero attached hydrogens (tertiary/aromatic N) is 1. The molecule has 1 spiro atoms. The van der Waals surface area contributed by atoms with Crippen LogP contribution in [0.25, 0.3) is 0 Å². The highest BCUT2D eigenvalue weighted by atomic mass is 32.2. The fraction of sp³-hybridized carbons (Fsp3) is 0.429. The fourth-order valence-electron chi connectivity index (χ4n) is 2.48. The van der Waals surface area contributed by atoms with E-state index in [1.807, 2.05) is 30.3 Å². The maximum absolute atomic E-state index is 12.4.